The largest absolute Gasteiger partial charge is 0.496 e. The molecule has 3 aromatic carbocycles. The fourth-order valence-electron chi connectivity index (χ4n) is 4.65. The summed E-state index contributed by atoms with van der Waals surface area (Å²) < 4.78 is 14.3. The van der Waals surface area contributed by atoms with Crippen LogP contribution in [0.2, 0.25) is 5.02 Å². The predicted molar refractivity (Wildman–Crippen MR) is 128 cm³/mol. The summed E-state index contributed by atoms with van der Waals surface area (Å²) in [4.78, 5) is 4.48. The Hall–Kier alpha value is -3.77. The SMILES string of the molecule is COc1ccccc1C1Oc2ccc(Cl)cc2C2=C1C(c1ccc(C)cc1)n1ncnc1N2. The minimum atomic E-state index is -0.402. The van der Waals surface area contributed by atoms with Crippen LogP contribution in [0.5, 0.6) is 11.5 Å². The van der Waals surface area contributed by atoms with Crippen LogP contribution in [0.25, 0.3) is 5.70 Å². The number of benzene rings is 3. The van der Waals surface area contributed by atoms with Gasteiger partial charge in [-0.05, 0) is 36.8 Å². The molecule has 1 aromatic heterocycles. The molecule has 6 nitrogen and oxygen atoms in total. The van der Waals surface area contributed by atoms with Gasteiger partial charge in [-0.2, -0.15) is 10.1 Å². The molecule has 2 aliphatic heterocycles. The van der Waals surface area contributed by atoms with E-state index in [0.29, 0.717) is 11.0 Å². The number of para-hydroxylation sites is 1. The molecule has 2 atom stereocenters. The molecule has 33 heavy (non-hydrogen) atoms. The van der Waals surface area contributed by atoms with Crippen molar-refractivity contribution in [1.29, 1.82) is 0 Å². The van der Waals surface area contributed by atoms with E-state index < -0.39 is 6.10 Å². The van der Waals surface area contributed by atoms with Crippen LogP contribution in [-0.2, 0) is 0 Å². The molecule has 4 aromatic rings. The molecule has 0 saturated heterocycles. The van der Waals surface area contributed by atoms with Crippen molar-refractivity contribution in [3.8, 4) is 11.5 Å². The maximum absolute atomic E-state index is 6.65. The van der Waals surface area contributed by atoms with Gasteiger partial charge in [-0.25, -0.2) is 4.68 Å². The normalized spacial score (nSPS) is 18.5. The molecule has 0 spiro atoms. The Morgan fingerprint density at radius 3 is 2.70 bits per heavy atom. The first-order valence-corrected chi connectivity index (χ1v) is 11.1. The molecule has 1 N–H and O–H groups in total. The van der Waals surface area contributed by atoms with Gasteiger partial charge in [-0.15, -0.1) is 0 Å². The highest BCUT2D eigenvalue weighted by atomic mass is 35.5. The average Bonchev–Trinajstić information content (AvgIpc) is 3.31. The fraction of sp³-hybridized carbons (Fsp3) is 0.154. The van der Waals surface area contributed by atoms with Crippen LogP contribution in [0, 0.1) is 6.92 Å². The van der Waals surface area contributed by atoms with Gasteiger partial charge >= 0.3 is 0 Å². The van der Waals surface area contributed by atoms with Gasteiger partial charge in [0.05, 0.1) is 12.8 Å². The van der Waals surface area contributed by atoms with E-state index in [0.717, 1.165) is 39.5 Å². The van der Waals surface area contributed by atoms with Crippen LogP contribution in [0.3, 0.4) is 0 Å². The van der Waals surface area contributed by atoms with E-state index in [-0.39, 0.29) is 6.04 Å². The lowest BCUT2D eigenvalue weighted by Crippen LogP contribution is -2.32. The third-order valence-electron chi connectivity index (χ3n) is 6.19. The lowest BCUT2D eigenvalue weighted by molar-refractivity contribution is 0.217. The number of nitrogens with zero attached hydrogens (tertiary/aromatic N) is 3. The second-order valence-corrected chi connectivity index (χ2v) is 8.61. The van der Waals surface area contributed by atoms with Crippen molar-refractivity contribution < 1.29 is 9.47 Å². The number of anilines is 1. The smallest absolute Gasteiger partial charge is 0.226 e. The Balaban J connectivity index is 1.65. The van der Waals surface area contributed by atoms with Crippen LogP contribution >= 0.6 is 11.6 Å². The van der Waals surface area contributed by atoms with Gasteiger partial charge in [0.1, 0.15) is 23.9 Å². The predicted octanol–water partition coefficient (Wildman–Crippen LogP) is 5.81. The van der Waals surface area contributed by atoms with E-state index in [1.807, 2.05) is 47.1 Å². The summed E-state index contributed by atoms with van der Waals surface area (Å²) in [5, 5.41) is 8.71. The van der Waals surface area contributed by atoms with Crippen LogP contribution in [-0.4, -0.2) is 21.9 Å². The summed E-state index contributed by atoms with van der Waals surface area (Å²) in [5.74, 6) is 2.18. The highest BCUT2D eigenvalue weighted by Gasteiger charge is 2.41. The zero-order valence-electron chi connectivity index (χ0n) is 18.1. The van der Waals surface area contributed by atoms with Crippen LogP contribution in [0.1, 0.15) is 34.4 Å². The van der Waals surface area contributed by atoms with Crippen LogP contribution in [0.4, 0.5) is 5.95 Å². The van der Waals surface area contributed by atoms with Gasteiger partial charge in [-0.3, -0.25) is 0 Å². The van der Waals surface area contributed by atoms with E-state index >= 15 is 0 Å². The molecule has 0 saturated carbocycles. The molecule has 0 fully saturated rings. The number of aromatic nitrogens is 3. The van der Waals surface area contributed by atoms with Crippen molar-refractivity contribution in [2.45, 2.75) is 19.1 Å². The lowest BCUT2D eigenvalue weighted by atomic mass is 9.84. The van der Waals surface area contributed by atoms with E-state index in [1.54, 1.807) is 13.4 Å². The van der Waals surface area contributed by atoms with Gasteiger partial charge in [0.2, 0.25) is 5.95 Å². The number of hydrogen-bond acceptors (Lipinski definition) is 5. The molecule has 6 rings (SSSR count). The van der Waals surface area contributed by atoms with Gasteiger partial charge < -0.3 is 14.8 Å². The van der Waals surface area contributed by atoms with Crippen LogP contribution < -0.4 is 14.8 Å². The number of rotatable bonds is 3. The summed E-state index contributed by atoms with van der Waals surface area (Å²) in [6, 6.07) is 21.9. The quantitative estimate of drug-likeness (QED) is 0.421. The zero-order valence-corrected chi connectivity index (χ0v) is 18.9. The highest BCUT2D eigenvalue weighted by Crippen LogP contribution is 2.52. The molecular formula is C26H21ClN4O2. The maximum Gasteiger partial charge on any atom is 0.226 e. The molecule has 0 aliphatic carbocycles. The maximum atomic E-state index is 6.65. The van der Waals surface area contributed by atoms with Gasteiger partial charge in [-0.1, -0.05) is 59.6 Å². The number of ether oxygens (including phenoxy) is 2. The summed E-state index contributed by atoms with van der Waals surface area (Å²) >= 11 is 6.40. The highest BCUT2D eigenvalue weighted by molar-refractivity contribution is 6.30. The van der Waals surface area contributed by atoms with Crippen molar-refractivity contribution in [3.05, 3.63) is 106 Å². The zero-order chi connectivity index (χ0) is 22.5. The number of fused-ring (bicyclic) bond motifs is 3. The Morgan fingerprint density at radius 2 is 1.88 bits per heavy atom. The van der Waals surface area contributed by atoms with Crippen molar-refractivity contribution in [2.75, 3.05) is 12.4 Å². The Morgan fingerprint density at radius 1 is 1.06 bits per heavy atom. The van der Waals surface area contributed by atoms with Gasteiger partial charge in [0.25, 0.3) is 0 Å². The summed E-state index contributed by atoms with van der Waals surface area (Å²) in [7, 11) is 1.68. The topological polar surface area (TPSA) is 61.2 Å². The number of hydrogen-bond donors (Lipinski definition) is 1. The Kier molecular flexibility index (Phi) is 4.62. The van der Waals surface area contributed by atoms with E-state index in [4.69, 9.17) is 21.1 Å². The fourth-order valence-corrected chi connectivity index (χ4v) is 4.82. The molecule has 2 unspecified atom stereocenters. The molecule has 0 radical (unpaired) electrons. The second kappa shape index (κ2) is 7.67. The molecule has 0 bridgehead atoms. The standard InChI is InChI=1S/C26H21ClN4O2/c1-15-7-9-16(10-8-15)24-22-23(30-26-28-14-29-31(24)26)19-13-17(27)11-12-21(19)33-25(22)18-5-3-4-6-20(18)32-2/h3-14,24-25H,1-2H3,(H,28,29,30). The first-order chi connectivity index (χ1) is 16.1. The monoisotopic (exact) mass is 456 g/mol. The minimum Gasteiger partial charge on any atom is -0.496 e. The molecule has 3 heterocycles. The number of methoxy groups -OCH3 is 1. The second-order valence-electron chi connectivity index (χ2n) is 8.18. The molecular weight excluding hydrogens is 436 g/mol. The number of nitrogens with one attached hydrogen (secondary N) is 1. The third kappa shape index (κ3) is 3.17. The number of aryl methyl sites for hydroxylation is 1. The van der Waals surface area contributed by atoms with Crippen LogP contribution in [0.15, 0.2) is 78.6 Å². The Bertz CT molecular complexity index is 1390. The van der Waals surface area contributed by atoms with Crippen molar-refractivity contribution in [1.82, 2.24) is 14.8 Å². The van der Waals surface area contributed by atoms with Crippen molar-refractivity contribution in [3.63, 3.8) is 0 Å². The first-order valence-electron chi connectivity index (χ1n) is 10.7. The molecule has 164 valence electrons. The van der Waals surface area contributed by atoms with E-state index in [1.165, 1.54) is 5.56 Å². The van der Waals surface area contributed by atoms with Gasteiger partial charge in [0, 0.05) is 21.7 Å². The number of halogens is 1. The summed E-state index contributed by atoms with van der Waals surface area (Å²) in [6.45, 7) is 2.08. The van der Waals surface area contributed by atoms with Crippen molar-refractivity contribution in [2.24, 2.45) is 0 Å². The minimum absolute atomic E-state index is 0.221. The summed E-state index contributed by atoms with van der Waals surface area (Å²) in [6.07, 6.45) is 1.17. The van der Waals surface area contributed by atoms with Gasteiger partial charge in [0.15, 0.2) is 6.10 Å². The average molecular weight is 457 g/mol. The molecule has 2 aliphatic rings. The Labute approximate surface area is 196 Å². The summed E-state index contributed by atoms with van der Waals surface area (Å²) in [5.41, 5.74) is 6.08. The van der Waals surface area contributed by atoms with Crippen molar-refractivity contribution >= 4 is 23.2 Å². The van der Waals surface area contributed by atoms with E-state index in [2.05, 4.69) is 46.6 Å². The lowest BCUT2D eigenvalue weighted by Gasteiger charge is -2.39. The van der Waals surface area contributed by atoms with E-state index in [9.17, 15) is 0 Å². The third-order valence-corrected chi connectivity index (χ3v) is 6.43. The molecule has 0 amide bonds. The first kappa shape index (κ1) is 19.9. The molecule has 7 heteroatoms.